The first-order valence-corrected chi connectivity index (χ1v) is 16.0. The molecule has 41 heavy (non-hydrogen) atoms. The predicted octanol–water partition coefficient (Wildman–Crippen LogP) is 6.68. The molecule has 0 spiro atoms. The maximum Gasteiger partial charge on any atom is 0.410 e. The molecule has 0 aliphatic carbocycles. The number of benzene rings is 2. The highest BCUT2D eigenvalue weighted by molar-refractivity contribution is 7.93. The van der Waals surface area contributed by atoms with Crippen molar-refractivity contribution in [1.82, 2.24) is 9.88 Å². The Labute approximate surface area is 251 Å². The van der Waals surface area contributed by atoms with Crippen LogP contribution in [0, 0.1) is 6.92 Å². The van der Waals surface area contributed by atoms with Crippen molar-refractivity contribution < 1.29 is 27.4 Å². The molecule has 1 unspecified atom stereocenters. The van der Waals surface area contributed by atoms with Crippen molar-refractivity contribution >= 4 is 44.2 Å². The number of aryl methyl sites for hydroxylation is 1. The summed E-state index contributed by atoms with van der Waals surface area (Å²) in [4.78, 5) is 18.6. The summed E-state index contributed by atoms with van der Waals surface area (Å²) < 4.78 is 46.0. The molecule has 9 nitrogen and oxygen atoms in total. The van der Waals surface area contributed by atoms with Crippen molar-refractivity contribution in [3.05, 3.63) is 64.1 Å². The van der Waals surface area contributed by atoms with Crippen LogP contribution in [0.3, 0.4) is 0 Å². The molecule has 2 atom stereocenters. The third-order valence-electron chi connectivity index (χ3n) is 6.74. The Hall–Kier alpha value is -3.02. The number of amides is 1. The van der Waals surface area contributed by atoms with Gasteiger partial charge in [0.25, 0.3) is 10.0 Å². The number of halogens is 1. The number of methoxy groups -OCH3 is 1. The Morgan fingerprint density at radius 2 is 1.98 bits per heavy atom. The summed E-state index contributed by atoms with van der Waals surface area (Å²) >= 11 is 7.81. The van der Waals surface area contributed by atoms with Crippen LogP contribution >= 0.6 is 22.9 Å². The Bertz CT molecular complexity index is 1470. The third-order valence-corrected chi connectivity index (χ3v) is 9.67. The summed E-state index contributed by atoms with van der Waals surface area (Å²) in [5.41, 5.74) is 1.15. The van der Waals surface area contributed by atoms with E-state index >= 15 is 0 Å². The van der Waals surface area contributed by atoms with E-state index in [4.69, 9.17) is 25.8 Å². The molecule has 1 saturated heterocycles. The zero-order valence-corrected chi connectivity index (χ0v) is 26.5. The molecule has 1 fully saturated rings. The van der Waals surface area contributed by atoms with Crippen molar-refractivity contribution in [3.63, 3.8) is 0 Å². The van der Waals surface area contributed by atoms with E-state index < -0.39 is 15.6 Å². The van der Waals surface area contributed by atoms with Gasteiger partial charge in [-0.2, -0.15) is 0 Å². The first-order valence-electron chi connectivity index (χ1n) is 13.3. The average Bonchev–Trinajstić information content (AvgIpc) is 3.42. The van der Waals surface area contributed by atoms with E-state index in [0.717, 1.165) is 11.1 Å². The van der Waals surface area contributed by atoms with Gasteiger partial charge in [0.05, 0.1) is 23.6 Å². The largest absolute Gasteiger partial charge is 0.497 e. The third kappa shape index (κ3) is 7.44. The molecule has 0 saturated carbocycles. The van der Waals surface area contributed by atoms with Gasteiger partial charge in [-0.25, -0.2) is 22.5 Å². The number of hydrogen-bond acceptors (Lipinski definition) is 8. The molecule has 1 amide bonds. The fraction of sp³-hybridized carbons (Fsp3) is 0.448. The van der Waals surface area contributed by atoms with Crippen LogP contribution in [-0.4, -0.2) is 55.8 Å². The maximum absolute atomic E-state index is 13.9. The zero-order chi connectivity index (χ0) is 29.9. The molecule has 1 aliphatic rings. The van der Waals surface area contributed by atoms with Gasteiger partial charge >= 0.3 is 6.09 Å². The van der Waals surface area contributed by atoms with Crippen molar-refractivity contribution in [2.24, 2.45) is 0 Å². The summed E-state index contributed by atoms with van der Waals surface area (Å²) in [6, 6.07) is 9.92. The number of hydrogen-bond donors (Lipinski definition) is 0. The van der Waals surface area contributed by atoms with Gasteiger partial charge in [0.1, 0.15) is 23.2 Å². The highest BCUT2D eigenvalue weighted by Gasteiger charge is 2.33. The monoisotopic (exact) mass is 621 g/mol. The standard InChI is InChI=1S/C29H36ClN3O6S2/c1-19-15-22(37-6)8-7-21(19)18-33(27-31-12-14-40-27)41(35,36)24-9-10-26(25(30)17-24)38-23-11-13-32(20(2)16-23)28(34)39-29(3,4)5/h7-10,12,14-15,17,20,23H,11,13,16,18H2,1-6H3/t20-,23?/m1/s1. The first kappa shape index (κ1) is 30.9. The second-order valence-corrected chi connectivity index (χ2v) is 14.1. The van der Waals surface area contributed by atoms with Crippen LogP contribution < -0.4 is 13.8 Å². The summed E-state index contributed by atoms with van der Waals surface area (Å²) in [5.74, 6) is 1.09. The molecule has 0 N–H and O–H groups in total. The molecule has 4 rings (SSSR count). The number of sulfonamides is 1. The van der Waals surface area contributed by atoms with E-state index in [9.17, 15) is 13.2 Å². The fourth-order valence-corrected chi connectivity index (χ4v) is 7.18. The van der Waals surface area contributed by atoms with Gasteiger partial charge in [0, 0.05) is 37.0 Å². The van der Waals surface area contributed by atoms with E-state index in [1.807, 2.05) is 46.8 Å². The van der Waals surface area contributed by atoms with Crippen molar-refractivity contribution in [1.29, 1.82) is 0 Å². The molecule has 2 aromatic carbocycles. The number of carbonyl (C=O) groups excluding carboxylic acids is 1. The van der Waals surface area contributed by atoms with Gasteiger partial charge < -0.3 is 19.1 Å². The van der Waals surface area contributed by atoms with E-state index in [1.54, 1.807) is 35.7 Å². The zero-order valence-electron chi connectivity index (χ0n) is 24.1. The Balaban J connectivity index is 1.51. The number of likely N-dealkylation sites (tertiary alicyclic amines) is 1. The number of carbonyl (C=O) groups is 1. The van der Waals surface area contributed by atoms with Crippen LogP contribution in [0.5, 0.6) is 11.5 Å². The van der Waals surface area contributed by atoms with Crippen LogP contribution in [0.2, 0.25) is 5.02 Å². The lowest BCUT2D eigenvalue weighted by atomic mass is 10.0. The minimum Gasteiger partial charge on any atom is -0.497 e. The van der Waals surface area contributed by atoms with Gasteiger partial charge in [-0.15, -0.1) is 11.3 Å². The molecular formula is C29H36ClN3O6S2. The summed E-state index contributed by atoms with van der Waals surface area (Å²) in [6.45, 7) is 9.96. The highest BCUT2D eigenvalue weighted by Crippen LogP contribution is 2.34. The lowest BCUT2D eigenvalue weighted by Crippen LogP contribution is -2.49. The minimum atomic E-state index is -4.02. The summed E-state index contributed by atoms with van der Waals surface area (Å²) in [7, 11) is -2.43. The second kappa shape index (κ2) is 12.5. The number of ether oxygens (including phenoxy) is 3. The smallest absolute Gasteiger partial charge is 0.410 e. The average molecular weight is 622 g/mol. The van der Waals surface area contributed by atoms with Crippen LogP contribution in [0.25, 0.3) is 0 Å². The van der Waals surface area contributed by atoms with Crippen LogP contribution in [0.1, 0.15) is 51.7 Å². The lowest BCUT2D eigenvalue weighted by molar-refractivity contribution is -0.00103. The molecule has 222 valence electrons. The van der Waals surface area contributed by atoms with Crippen LogP contribution in [-0.2, 0) is 21.3 Å². The Morgan fingerprint density at radius 3 is 2.56 bits per heavy atom. The van der Waals surface area contributed by atoms with Gasteiger partial charge in [-0.05, 0) is 76.1 Å². The van der Waals surface area contributed by atoms with Crippen LogP contribution in [0.4, 0.5) is 9.93 Å². The van der Waals surface area contributed by atoms with Crippen molar-refractivity contribution in [2.45, 2.75) is 76.6 Å². The maximum atomic E-state index is 13.9. The SMILES string of the molecule is COc1ccc(CN(c2nccs2)S(=O)(=O)c2ccc(OC3CCN(C(=O)OC(C)(C)C)[C@H](C)C3)c(Cl)c2)c(C)c1. The van der Waals surface area contributed by atoms with E-state index in [-0.39, 0.29) is 34.7 Å². The van der Waals surface area contributed by atoms with E-state index in [2.05, 4.69) is 4.98 Å². The molecule has 0 bridgehead atoms. The summed E-state index contributed by atoms with van der Waals surface area (Å²) in [5, 5.41) is 2.27. The molecule has 1 aliphatic heterocycles. The van der Waals surface area contributed by atoms with Gasteiger partial charge in [-0.3, -0.25) is 0 Å². The minimum absolute atomic E-state index is 0.0318. The predicted molar refractivity (Wildman–Crippen MR) is 161 cm³/mol. The van der Waals surface area contributed by atoms with Gasteiger partial charge in [-0.1, -0.05) is 17.7 Å². The normalized spacial score (nSPS) is 17.7. The Kier molecular flexibility index (Phi) is 9.40. The van der Waals surface area contributed by atoms with Crippen LogP contribution in [0.15, 0.2) is 52.9 Å². The Morgan fingerprint density at radius 1 is 1.22 bits per heavy atom. The highest BCUT2D eigenvalue weighted by atomic mass is 35.5. The molecule has 12 heteroatoms. The van der Waals surface area contributed by atoms with Gasteiger partial charge in [0.2, 0.25) is 0 Å². The number of anilines is 1. The molecule has 3 aromatic rings. The van der Waals surface area contributed by atoms with Gasteiger partial charge in [0.15, 0.2) is 5.13 Å². The molecule has 2 heterocycles. The molecular weight excluding hydrogens is 586 g/mol. The summed E-state index contributed by atoms with van der Waals surface area (Å²) in [6.07, 6.45) is 2.23. The number of rotatable bonds is 8. The number of nitrogens with zero attached hydrogens (tertiary/aromatic N) is 3. The fourth-order valence-electron chi connectivity index (χ4n) is 4.59. The molecule has 1 aromatic heterocycles. The van der Waals surface area contributed by atoms with E-state index in [1.165, 1.54) is 27.8 Å². The van der Waals surface area contributed by atoms with Crippen molar-refractivity contribution in [3.8, 4) is 11.5 Å². The number of piperidine rings is 1. The lowest BCUT2D eigenvalue weighted by Gasteiger charge is -2.38. The topological polar surface area (TPSA) is 98.3 Å². The number of thiazole rings is 1. The second-order valence-electron chi connectivity index (χ2n) is 11.0. The van der Waals surface area contributed by atoms with Crippen molar-refractivity contribution in [2.75, 3.05) is 18.0 Å². The quantitative estimate of drug-likeness (QED) is 0.277. The first-order chi connectivity index (χ1) is 19.3. The van der Waals surface area contributed by atoms with E-state index in [0.29, 0.717) is 36.0 Å². The molecule has 0 radical (unpaired) electrons. The number of aromatic nitrogens is 1.